The topological polar surface area (TPSA) is 67.8 Å². The lowest BCUT2D eigenvalue weighted by atomic mass is 10.5. The van der Waals surface area contributed by atoms with Crippen molar-refractivity contribution in [3.8, 4) is 0 Å². The third-order valence-corrected chi connectivity index (χ3v) is 1.20. The Hall–Kier alpha value is -0.810. The first kappa shape index (κ1) is 11.2. The molecule has 0 aliphatic heterocycles. The summed E-state index contributed by atoms with van der Waals surface area (Å²) in [6.45, 7) is 1.09. The zero-order valence-corrected chi connectivity index (χ0v) is 7.95. The fraction of sp³-hybridized carbons (Fsp3) is 0.857. The van der Waals surface area contributed by atoms with E-state index in [4.69, 9.17) is 15.7 Å². The van der Waals surface area contributed by atoms with Crippen LogP contribution in [-0.2, 0) is 4.84 Å². The molecule has 0 rings (SSSR count). The van der Waals surface area contributed by atoms with E-state index in [0.717, 1.165) is 11.0 Å². The van der Waals surface area contributed by atoms with Gasteiger partial charge in [0.1, 0.15) is 13.2 Å². The highest BCUT2D eigenvalue weighted by Crippen LogP contribution is 1.89. The summed E-state index contributed by atoms with van der Waals surface area (Å²) in [5.74, 6) is 0.108. The molecule has 0 unspecified atom stereocenters. The van der Waals surface area contributed by atoms with Crippen molar-refractivity contribution in [2.75, 3.05) is 40.9 Å². The standard InChI is InChI=1S/C7H18N3O2/c1-10(2,3)4-5-12-9-7(8)6-11/h11H,4-6H2,1-3H3,(H2,8,9)/q+1. The van der Waals surface area contributed by atoms with Gasteiger partial charge in [0.25, 0.3) is 0 Å². The van der Waals surface area contributed by atoms with Gasteiger partial charge in [-0.3, -0.25) is 0 Å². The van der Waals surface area contributed by atoms with E-state index in [0.29, 0.717) is 6.61 Å². The molecule has 12 heavy (non-hydrogen) atoms. The van der Waals surface area contributed by atoms with Crippen molar-refractivity contribution in [2.45, 2.75) is 0 Å². The number of likely N-dealkylation sites (N-methyl/N-ethyl adjacent to an activating group) is 1. The zero-order chi connectivity index (χ0) is 9.61. The van der Waals surface area contributed by atoms with Crippen LogP contribution in [-0.4, -0.2) is 56.3 Å². The Labute approximate surface area is 73.0 Å². The molecule has 0 aliphatic carbocycles. The van der Waals surface area contributed by atoms with Gasteiger partial charge < -0.3 is 20.2 Å². The monoisotopic (exact) mass is 176 g/mol. The van der Waals surface area contributed by atoms with Crippen LogP contribution in [0.4, 0.5) is 0 Å². The lowest BCUT2D eigenvalue weighted by Crippen LogP contribution is -2.37. The van der Waals surface area contributed by atoms with Crippen LogP contribution in [0.1, 0.15) is 0 Å². The number of hydrogen-bond acceptors (Lipinski definition) is 3. The Morgan fingerprint density at radius 1 is 1.50 bits per heavy atom. The number of rotatable bonds is 5. The highest BCUT2D eigenvalue weighted by Gasteiger charge is 2.05. The number of aliphatic hydroxyl groups is 1. The highest BCUT2D eigenvalue weighted by molar-refractivity contribution is 5.80. The number of quaternary nitrogens is 1. The van der Waals surface area contributed by atoms with Gasteiger partial charge in [-0.25, -0.2) is 0 Å². The molecule has 0 aromatic rings. The average Bonchev–Trinajstić information content (AvgIpc) is 1.96. The van der Waals surface area contributed by atoms with E-state index in [9.17, 15) is 0 Å². The highest BCUT2D eigenvalue weighted by atomic mass is 16.6. The maximum Gasteiger partial charge on any atom is 0.165 e. The molecule has 0 aromatic heterocycles. The second-order valence-corrected chi connectivity index (χ2v) is 3.59. The molecule has 0 amide bonds. The summed E-state index contributed by atoms with van der Waals surface area (Å²) in [4.78, 5) is 4.85. The van der Waals surface area contributed by atoms with Gasteiger partial charge in [0.15, 0.2) is 12.4 Å². The van der Waals surface area contributed by atoms with Gasteiger partial charge in [-0.05, 0) is 0 Å². The van der Waals surface area contributed by atoms with Crippen LogP contribution in [0.15, 0.2) is 5.16 Å². The Morgan fingerprint density at radius 2 is 2.08 bits per heavy atom. The van der Waals surface area contributed by atoms with Crippen LogP contribution in [0, 0.1) is 0 Å². The molecule has 5 heteroatoms. The zero-order valence-electron chi connectivity index (χ0n) is 7.95. The van der Waals surface area contributed by atoms with E-state index in [1.54, 1.807) is 0 Å². The third-order valence-electron chi connectivity index (χ3n) is 1.20. The van der Waals surface area contributed by atoms with Crippen LogP contribution >= 0.6 is 0 Å². The normalized spacial score (nSPS) is 13.2. The first-order valence-corrected chi connectivity index (χ1v) is 3.81. The van der Waals surface area contributed by atoms with Gasteiger partial charge >= 0.3 is 0 Å². The van der Waals surface area contributed by atoms with E-state index in [1.807, 2.05) is 0 Å². The number of hydrogen-bond donors (Lipinski definition) is 2. The van der Waals surface area contributed by atoms with Gasteiger partial charge in [-0.1, -0.05) is 5.16 Å². The largest absolute Gasteiger partial charge is 0.388 e. The molecule has 0 heterocycles. The fourth-order valence-corrected chi connectivity index (χ4v) is 0.472. The number of nitrogens with zero attached hydrogens (tertiary/aromatic N) is 2. The molecule has 0 saturated carbocycles. The average molecular weight is 176 g/mol. The molecule has 0 radical (unpaired) electrons. The quantitative estimate of drug-likeness (QED) is 0.185. The second kappa shape index (κ2) is 4.95. The summed E-state index contributed by atoms with van der Waals surface area (Å²) >= 11 is 0. The molecule has 0 bridgehead atoms. The summed E-state index contributed by atoms with van der Waals surface area (Å²) < 4.78 is 0.814. The van der Waals surface area contributed by atoms with E-state index in [2.05, 4.69) is 26.3 Å². The number of nitrogens with two attached hydrogens (primary N) is 1. The lowest BCUT2D eigenvalue weighted by Gasteiger charge is -2.22. The molecular weight excluding hydrogens is 158 g/mol. The minimum Gasteiger partial charge on any atom is -0.388 e. The first-order valence-electron chi connectivity index (χ1n) is 3.81. The van der Waals surface area contributed by atoms with Crippen molar-refractivity contribution < 1.29 is 14.4 Å². The van der Waals surface area contributed by atoms with Crippen molar-refractivity contribution in [1.29, 1.82) is 0 Å². The second-order valence-electron chi connectivity index (χ2n) is 3.59. The van der Waals surface area contributed by atoms with Crippen LogP contribution in [0.25, 0.3) is 0 Å². The van der Waals surface area contributed by atoms with Gasteiger partial charge in [0.2, 0.25) is 0 Å². The van der Waals surface area contributed by atoms with Gasteiger partial charge in [0.05, 0.1) is 21.1 Å². The SMILES string of the molecule is C[N+](C)(C)CCON=C(N)CO. The lowest BCUT2D eigenvalue weighted by molar-refractivity contribution is -0.870. The van der Waals surface area contributed by atoms with E-state index in [-0.39, 0.29) is 12.4 Å². The van der Waals surface area contributed by atoms with E-state index in [1.165, 1.54) is 0 Å². The predicted molar refractivity (Wildman–Crippen MR) is 47.6 cm³/mol. The first-order chi connectivity index (χ1) is 5.45. The Bertz CT molecular complexity index is 151. The molecule has 72 valence electrons. The number of amidine groups is 1. The maximum atomic E-state index is 8.45. The molecule has 3 N–H and O–H groups in total. The predicted octanol–water partition coefficient (Wildman–Crippen LogP) is -1.03. The fourth-order valence-electron chi connectivity index (χ4n) is 0.472. The smallest absolute Gasteiger partial charge is 0.165 e. The molecule has 5 nitrogen and oxygen atoms in total. The van der Waals surface area contributed by atoms with Crippen LogP contribution in [0.5, 0.6) is 0 Å². The summed E-state index contributed by atoms with van der Waals surface area (Å²) in [6.07, 6.45) is 0. The third kappa shape index (κ3) is 7.30. The molecule has 0 saturated heterocycles. The van der Waals surface area contributed by atoms with Gasteiger partial charge in [-0.2, -0.15) is 0 Å². The summed E-state index contributed by atoms with van der Waals surface area (Å²) in [7, 11) is 6.17. The van der Waals surface area contributed by atoms with Crippen LogP contribution in [0.3, 0.4) is 0 Å². The molecule has 0 atom stereocenters. The molecular formula is C7H18N3O2+. The minimum absolute atomic E-state index is 0.108. The molecule has 0 aliphatic rings. The summed E-state index contributed by atoms with van der Waals surface area (Å²) in [5, 5.41) is 11.9. The van der Waals surface area contributed by atoms with Crippen molar-refractivity contribution >= 4 is 5.84 Å². The summed E-state index contributed by atoms with van der Waals surface area (Å²) in [5.41, 5.74) is 5.19. The van der Waals surface area contributed by atoms with E-state index >= 15 is 0 Å². The van der Waals surface area contributed by atoms with Crippen molar-refractivity contribution in [3.05, 3.63) is 0 Å². The van der Waals surface area contributed by atoms with Crippen molar-refractivity contribution in [1.82, 2.24) is 0 Å². The Balaban J connectivity index is 3.45. The minimum atomic E-state index is -0.260. The summed E-state index contributed by atoms with van der Waals surface area (Å²) in [6, 6.07) is 0. The van der Waals surface area contributed by atoms with Gasteiger partial charge in [-0.15, -0.1) is 0 Å². The van der Waals surface area contributed by atoms with Crippen LogP contribution < -0.4 is 5.73 Å². The molecule has 0 fully saturated rings. The molecule has 0 aromatic carbocycles. The number of oxime groups is 1. The van der Waals surface area contributed by atoms with Crippen molar-refractivity contribution in [2.24, 2.45) is 10.9 Å². The number of aliphatic hydroxyl groups excluding tert-OH is 1. The Kier molecular flexibility index (Phi) is 4.61. The van der Waals surface area contributed by atoms with Gasteiger partial charge in [0, 0.05) is 0 Å². The van der Waals surface area contributed by atoms with Crippen molar-refractivity contribution in [3.63, 3.8) is 0 Å². The van der Waals surface area contributed by atoms with E-state index < -0.39 is 0 Å². The maximum absolute atomic E-state index is 8.45. The Morgan fingerprint density at radius 3 is 2.50 bits per heavy atom. The van der Waals surface area contributed by atoms with Crippen LogP contribution in [0.2, 0.25) is 0 Å². The molecule has 0 spiro atoms.